The maximum atomic E-state index is 12.6. The minimum atomic E-state index is 0.0175. The average Bonchev–Trinajstić information content (AvgIpc) is 2.90. The molecule has 0 saturated heterocycles. The standard InChI is InChI=1S/C17H22BrN3OS/c1-6-15-20-11(3)17(23-15)12(4)21(5)16(22)9-14-13(18)8-7-10(2)19-14/h7-8,12H,6,9H2,1-5H3/t12-/m0/s1. The molecular formula is C17H22BrN3OS. The van der Waals surface area contributed by atoms with Crippen molar-refractivity contribution in [3.05, 3.63) is 43.6 Å². The number of rotatable bonds is 5. The lowest BCUT2D eigenvalue weighted by atomic mass is 10.2. The molecule has 0 N–H and O–H groups in total. The van der Waals surface area contributed by atoms with Crippen LogP contribution in [0.4, 0.5) is 0 Å². The second-order valence-electron chi connectivity index (χ2n) is 5.65. The van der Waals surface area contributed by atoms with E-state index in [0.717, 1.165) is 37.9 Å². The number of carbonyl (C=O) groups is 1. The van der Waals surface area contributed by atoms with Gasteiger partial charge in [-0.25, -0.2) is 4.98 Å². The van der Waals surface area contributed by atoms with Gasteiger partial charge in [0.1, 0.15) is 0 Å². The van der Waals surface area contributed by atoms with E-state index in [1.807, 2.05) is 33.0 Å². The van der Waals surface area contributed by atoms with Gasteiger partial charge in [-0.15, -0.1) is 11.3 Å². The Morgan fingerprint density at radius 3 is 2.65 bits per heavy atom. The molecule has 2 rings (SSSR count). The molecule has 2 aromatic rings. The van der Waals surface area contributed by atoms with Gasteiger partial charge in [0, 0.05) is 22.1 Å². The number of nitrogens with zero attached hydrogens (tertiary/aromatic N) is 3. The van der Waals surface area contributed by atoms with Crippen molar-refractivity contribution >= 4 is 33.2 Å². The lowest BCUT2D eigenvalue weighted by Gasteiger charge is -2.24. The van der Waals surface area contributed by atoms with Crippen molar-refractivity contribution in [2.45, 2.75) is 46.6 Å². The monoisotopic (exact) mass is 395 g/mol. The highest BCUT2D eigenvalue weighted by molar-refractivity contribution is 9.10. The molecule has 0 radical (unpaired) electrons. The molecule has 0 aliphatic carbocycles. The van der Waals surface area contributed by atoms with Crippen molar-refractivity contribution in [1.29, 1.82) is 0 Å². The van der Waals surface area contributed by atoms with E-state index < -0.39 is 0 Å². The van der Waals surface area contributed by atoms with Crippen molar-refractivity contribution in [1.82, 2.24) is 14.9 Å². The van der Waals surface area contributed by atoms with Gasteiger partial charge in [0.2, 0.25) is 5.91 Å². The Hall–Kier alpha value is -1.27. The van der Waals surface area contributed by atoms with E-state index >= 15 is 0 Å². The van der Waals surface area contributed by atoms with Crippen LogP contribution in [-0.2, 0) is 17.6 Å². The molecule has 0 aliphatic heterocycles. The Morgan fingerprint density at radius 2 is 2.04 bits per heavy atom. The largest absolute Gasteiger partial charge is 0.338 e. The van der Waals surface area contributed by atoms with Crippen LogP contribution in [0.1, 0.15) is 46.9 Å². The van der Waals surface area contributed by atoms with Gasteiger partial charge in [0.25, 0.3) is 0 Å². The van der Waals surface area contributed by atoms with Crippen LogP contribution < -0.4 is 0 Å². The number of carbonyl (C=O) groups excluding carboxylic acids is 1. The van der Waals surface area contributed by atoms with Crippen LogP contribution in [0.5, 0.6) is 0 Å². The molecule has 0 aliphatic rings. The van der Waals surface area contributed by atoms with Crippen LogP contribution in [0, 0.1) is 13.8 Å². The Balaban J connectivity index is 2.15. The molecule has 124 valence electrons. The smallest absolute Gasteiger partial charge is 0.228 e. The number of hydrogen-bond acceptors (Lipinski definition) is 4. The average molecular weight is 396 g/mol. The maximum absolute atomic E-state index is 12.6. The molecule has 4 nitrogen and oxygen atoms in total. The Bertz CT molecular complexity index is 714. The summed E-state index contributed by atoms with van der Waals surface area (Å²) in [5.74, 6) is 0.0575. The van der Waals surface area contributed by atoms with Crippen LogP contribution in [0.3, 0.4) is 0 Å². The molecule has 0 fully saturated rings. The van der Waals surface area contributed by atoms with Crippen LogP contribution in [0.25, 0.3) is 0 Å². The number of amides is 1. The second kappa shape index (κ2) is 7.53. The molecule has 1 atom stereocenters. The lowest BCUT2D eigenvalue weighted by molar-refractivity contribution is -0.131. The summed E-state index contributed by atoms with van der Waals surface area (Å²) in [5, 5.41) is 1.12. The Morgan fingerprint density at radius 1 is 1.35 bits per heavy atom. The predicted molar refractivity (Wildman–Crippen MR) is 97.8 cm³/mol. The molecule has 6 heteroatoms. The summed E-state index contributed by atoms with van der Waals surface area (Å²) in [6.45, 7) is 8.09. The summed E-state index contributed by atoms with van der Waals surface area (Å²) in [7, 11) is 1.85. The molecule has 0 spiro atoms. The van der Waals surface area contributed by atoms with E-state index in [4.69, 9.17) is 0 Å². The number of aryl methyl sites for hydroxylation is 3. The highest BCUT2D eigenvalue weighted by Gasteiger charge is 2.22. The molecule has 0 unspecified atom stereocenters. The first-order chi connectivity index (χ1) is 10.8. The molecule has 0 bridgehead atoms. The fourth-order valence-corrected chi connectivity index (χ4v) is 3.85. The first-order valence-electron chi connectivity index (χ1n) is 7.67. The molecule has 1 amide bonds. The highest BCUT2D eigenvalue weighted by Crippen LogP contribution is 2.29. The molecule has 23 heavy (non-hydrogen) atoms. The number of likely N-dealkylation sites (N-methyl/N-ethyl adjacent to an activating group) is 1. The fraction of sp³-hybridized carbons (Fsp3) is 0.471. The van der Waals surface area contributed by atoms with Gasteiger partial charge >= 0.3 is 0 Å². The molecule has 0 saturated carbocycles. The molecule has 2 heterocycles. The van der Waals surface area contributed by atoms with E-state index in [9.17, 15) is 4.79 Å². The van der Waals surface area contributed by atoms with E-state index in [1.165, 1.54) is 0 Å². The normalized spacial score (nSPS) is 12.3. The highest BCUT2D eigenvalue weighted by atomic mass is 79.9. The minimum absolute atomic E-state index is 0.0175. The van der Waals surface area contributed by atoms with Crippen molar-refractivity contribution in [2.75, 3.05) is 7.05 Å². The fourth-order valence-electron chi connectivity index (χ4n) is 2.38. The van der Waals surface area contributed by atoms with Crippen LogP contribution in [-0.4, -0.2) is 27.8 Å². The van der Waals surface area contributed by atoms with E-state index in [1.54, 1.807) is 16.2 Å². The number of halogens is 1. The van der Waals surface area contributed by atoms with E-state index in [-0.39, 0.29) is 11.9 Å². The van der Waals surface area contributed by atoms with Crippen LogP contribution in [0.2, 0.25) is 0 Å². The third-order valence-electron chi connectivity index (χ3n) is 3.91. The van der Waals surface area contributed by atoms with Crippen molar-refractivity contribution in [3.8, 4) is 0 Å². The van der Waals surface area contributed by atoms with Crippen LogP contribution >= 0.6 is 27.3 Å². The summed E-state index contributed by atoms with van der Waals surface area (Å²) in [5.41, 5.74) is 2.72. The summed E-state index contributed by atoms with van der Waals surface area (Å²) < 4.78 is 0.875. The van der Waals surface area contributed by atoms with Gasteiger partial charge in [-0.05, 0) is 55.3 Å². The number of thiazole rings is 1. The third-order valence-corrected chi connectivity index (χ3v) is 6.10. The summed E-state index contributed by atoms with van der Waals surface area (Å²) >= 11 is 5.17. The quantitative estimate of drug-likeness (QED) is 0.760. The molecular weight excluding hydrogens is 374 g/mol. The first kappa shape index (κ1) is 18.1. The zero-order valence-corrected chi connectivity index (χ0v) is 16.6. The molecule has 0 aromatic carbocycles. The maximum Gasteiger partial charge on any atom is 0.228 e. The lowest BCUT2D eigenvalue weighted by Crippen LogP contribution is -2.31. The van der Waals surface area contributed by atoms with Gasteiger partial charge in [0.15, 0.2) is 0 Å². The van der Waals surface area contributed by atoms with Gasteiger partial charge in [-0.2, -0.15) is 0 Å². The number of pyridine rings is 1. The topological polar surface area (TPSA) is 46.1 Å². The van der Waals surface area contributed by atoms with E-state index in [2.05, 4.69) is 39.7 Å². The van der Waals surface area contributed by atoms with Gasteiger partial charge in [-0.1, -0.05) is 6.92 Å². The molecule has 2 aromatic heterocycles. The minimum Gasteiger partial charge on any atom is -0.338 e. The van der Waals surface area contributed by atoms with Crippen molar-refractivity contribution in [3.63, 3.8) is 0 Å². The van der Waals surface area contributed by atoms with Gasteiger partial charge < -0.3 is 4.90 Å². The number of hydrogen-bond donors (Lipinski definition) is 0. The summed E-state index contributed by atoms with van der Waals surface area (Å²) in [6.07, 6.45) is 1.22. The second-order valence-corrected chi connectivity index (χ2v) is 7.62. The Labute approximate surface area is 150 Å². The SMILES string of the molecule is CCc1nc(C)c([C@H](C)N(C)C(=O)Cc2nc(C)ccc2Br)s1. The number of aromatic nitrogens is 2. The van der Waals surface area contributed by atoms with Gasteiger partial charge in [-0.3, -0.25) is 9.78 Å². The summed E-state index contributed by atoms with van der Waals surface area (Å²) in [6, 6.07) is 3.89. The zero-order chi connectivity index (χ0) is 17.1. The Kier molecular flexibility index (Phi) is 5.92. The van der Waals surface area contributed by atoms with Crippen molar-refractivity contribution < 1.29 is 4.79 Å². The summed E-state index contributed by atoms with van der Waals surface area (Å²) in [4.78, 5) is 24.6. The third kappa shape index (κ3) is 4.18. The van der Waals surface area contributed by atoms with E-state index in [0.29, 0.717) is 6.42 Å². The first-order valence-corrected chi connectivity index (χ1v) is 9.28. The predicted octanol–water partition coefficient (Wildman–Crippen LogP) is 4.24. The zero-order valence-electron chi connectivity index (χ0n) is 14.2. The van der Waals surface area contributed by atoms with Crippen molar-refractivity contribution in [2.24, 2.45) is 0 Å². The van der Waals surface area contributed by atoms with Gasteiger partial charge in [0.05, 0.1) is 28.9 Å². The van der Waals surface area contributed by atoms with Crippen LogP contribution in [0.15, 0.2) is 16.6 Å².